The lowest BCUT2D eigenvalue weighted by Gasteiger charge is -2.07. The molecule has 0 aliphatic carbocycles. The Kier molecular flexibility index (Phi) is 5.07. The summed E-state index contributed by atoms with van der Waals surface area (Å²) in [6.07, 6.45) is 0.632. The van der Waals surface area contributed by atoms with E-state index in [2.05, 4.69) is 10.3 Å². The molecule has 0 unspecified atom stereocenters. The lowest BCUT2D eigenvalue weighted by Crippen LogP contribution is -2.28. The first-order valence-corrected chi connectivity index (χ1v) is 6.69. The Morgan fingerprint density at radius 1 is 1.41 bits per heavy atom. The second-order valence-corrected chi connectivity index (χ2v) is 4.56. The SMILES string of the molecule is Cc1ncc([N+](=O)[O-])n1CCNC(=O)OCc1ccccc1. The van der Waals surface area contributed by atoms with Gasteiger partial charge in [0.2, 0.25) is 0 Å². The third kappa shape index (κ3) is 4.05. The number of hydrogen-bond acceptors (Lipinski definition) is 5. The van der Waals surface area contributed by atoms with Crippen LogP contribution in [0.2, 0.25) is 0 Å². The molecule has 1 heterocycles. The van der Waals surface area contributed by atoms with E-state index in [0.29, 0.717) is 5.82 Å². The molecule has 1 N–H and O–H groups in total. The van der Waals surface area contributed by atoms with Gasteiger partial charge in [-0.05, 0) is 10.5 Å². The number of alkyl carbamates (subject to hydrolysis) is 1. The van der Waals surface area contributed by atoms with Gasteiger partial charge in [0.25, 0.3) is 0 Å². The number of hydrogen-bond donors (Lipinski definition) is 1. The van der Waals surface area contributed by atoms with E-state index in [9.17, 15) is 14.9 Å². The molecule has 0 atom stereocenters. The molecule has 116 valence electrons. The van der Waals surface area contributed by atoms with Crippen LogP contribution in [-0.2, 0) is 17.9 Å². The molecular weight excluding hydrogens is 288 g/mol. The summed E-state index contributed by atoms with van der Waals surface area (Å²) >= 11 is 0. The largest absolute Gasteiger partial charge is 0.445 e. The highest BCUT2D eigenvalue weighted by atomic mass is 16.6. The average Bonchev–Trinajstić information content (AvgIpc) is 2.88. The first-order chi connectivity index (χ1) is 10.6. The molecule has 1 aromatic carbocycles. The Balaban J connectivity index is 1.78. The summed E-state index contributed by atoms with van der Waals surface area (Å²) in [6, 6.07) is 9.30. The smallest absolute Gasteiger partial charge is 0.407 e. The third-order valence-corrected chi connectivity index (χ3v) is 3.04. The van der Waals surface area contributed by atoms with Crippen molar-refractivity contribution in [3.8, 4) is 0 Å². The van der Waals surface area contributed by atoms with E-state index in [1.54, 1.807) is 6.92 Å². The van der Waals surface area contributed by atoms with Crippen LogP contribution in [-0.4, -0.2) is 27.1 Å². The molecule has 1 amide bonds. The van der Waals surface area contributed by atoms with Crippen LogP contribution in [0.3, 0.4) is 0 Å². The number of carbonyl (C=O) groups is 1. The molecule has 0 spiro atoms. The minimum Gasteiger partial charge on any atom is -0.445 e. The van der Waals surface area contributed by atoms with Crippen molar-refractivity contribution < 1.29 is 14.5 Å². The van der Waals surface area contributed by atoms with Crippen LogP contribution in [0.5, 0.6) is 0 Å². The van der Waals surface area contributed by atoms with Gasteiger partial charge in [0.1, 0.15) is 19.3 Å². The maximum absolute atomic E-state index is 11.6. The van der Waals surface area contributed by atoms with Gasteiger partial charge in [-0.15, -0.1) is 0 Å². The number of aromatic nitrogens is 2. The number of rotatable bonds is 6. The zero-order valence-electron chi connectivity index (χ0n) is 12.1. The van der Waals surface area contributed by atoms with Crippen molar-refractivity contribution in [3.05, 3.63) is 58.0 Å². The number of ether oxygens (including phenoxy) is 1. The molecule has 0 fully saturated rings. The first-order valence-electron chi connectivity index (χ1n) is 6.69. The van der Waals surface area contributed by atoms with Crippen molar-refractivity contribution >= 4 is 11.9 Å². The highest BCUT2D eigenvalue weighted by molar-refractivity contribution is 5.67. The Morgan fingerprint density at radius 3 is 2.82 bits per heavy atom. The molecule has 22 heavy (non-hydrogen) atoms. The van der Waals surface area contributed by atoms with Crippen LogP contribution in [0, 0.1) is 17.0 Å². The van der Waals surface area contributed by atoms with Crippen molar-refractivity contribution in [1.82, 2.24) is 14.9 Å². The van der Waals surface area contributed by atoms with Crippen molar-refractivity contribution in [1.29, 1.82) is 0 Å². The fourth-order valence-corrected chi connectivity index (χ4v) is 1.92. The maximum Gasteiger partial charge on any atom is 0.407 e. The van der Waals surface area contributed by atoms with Gasteiger partial charge in [0.15, 0.2) is 5.82 Å². The van der Waals surface area contributed by atoms with Gasteiger partial charge in [0, 0.05) is 6.92 Å². The van der Waals surface area contributed by atoms with E-state index in [1.807, 2.05) is 30.3 Å². The van der Waals surface area contributed by atoms with E-state index in [0.717, 1.165) is 5.56 Å². The molecule has 1 aromatic heterocycles. The second kappa shape index (κ2) is 7.21. The third-order valence-electron chi connectivity index (χ3n) is 3.04. The van der Waals surface area contributed by atoms with Gasteiger partial charge in [-0.3, -0.25) is 0 Å². The van der Waals surface area contributed by atoms with E-state index in [4.69, 9.17) is 4.74 Å². The number of imidazole rings is 1. The van der Waals surface area contributed by atoms with E-state index < -0.39 is 11.0 Å². The number of nitrogens with zero attached hydrogens (tertiary/aromatic N) is 3. The molecule has 0 saturated heterocycles. The normalized spacial score (nSPS) is 10.2. The summed E-state index contributed by atoms with van der Waals surface area (Å²) in [6.45, 7) is 2.31. The molecule has 8 heteroatoms. The van der Waals surface area contributed by atoms with Crippen molar-refractivity contribution in [2.75, 3.05) is 6.54 Å². The summed E-state index contributed by atoms with van der Waals surface area (Å²) in [5.74, 6) is 0.420. The van der Waals surface area contributed by atoms with Crippen molar-refractivity contribution in [2.45, 2.75) is 20.1 Å². The number of aryl methyl sites for hydroxylation is 1. The lowest BCUT2D eigenvalue weighted by atomic mass is 10.2. The van der Waals surface area contributed by atoms with Crippen LogP contribution in [0.1, 0.15) is 11.4 Å². The van der Waals surface area contributed by atoms with Crippen molar-refractivity contribution in [3.63, 3.8) is 0 Å². The summed E-state index contributed by atoms with van der Waals surface area (Å²) in [4.78, 5) is 25.8. The van der Waals surface area contributed by atoms with Crippen LogP contribution < -0.4 is 5.32 Å². The Hall–Kier alpha value is -2.90. The van der Waals surface area contributed by atoms with Gasteiger partial charge < -0.3 is 20.2 Å². The van der Waals surface area contributed by atoms with Gasteiger partial charge in [-0.25, -0.2) is 14.3 Å². The number of carbonyl (C=O) groups excluding carboxylic acids is 1. The highest BCUT2D eigenvalue weighted by Crippen LogP contribution is 2.12. The monoisotopic (exact) mass is 304 g/mol. The van der Waals surface area contributed by atoms with E-state index >= 15 is 0 Å². The topological polar surface area (TPSA) is 99.3 Å². The predicted molar refractivity (Wildman–Crippen MR) is 78.2 cm³/mol. The molecule has 8 nitrogen and oxygen atoms in total. The summed E-state index contributed by atoms with van der Waals surface area (Å²) in [5.41, 5.74) is 0.888. The van der Waals surface area contributed by atoms with Gasteiger partial charge in [-0.2, -0.15) is 0 Å². The average molecular weight is 304 g/mol. The van der Waals surface area contributed by atoms with Gasteiger partial charge in [0.05, 0.1) is 6.54 Å². The molecule has 0 aliphatic heterocycles. The minimum atomic E-state index is -0.565. The first kappa shape index (κ1) is 15.5. The zero-order chi connectivity index (χ0) is 15.9. The molecule has 0 saturated carbocycles. The van der Waals surface area contributed by atoms with E-state index in [1.165, 1.54) is 10.8 Å². The zero-order valence-corrected chi connectivity index (χ0v) is 12.1. The molecular formula is C14H16N4O4. The summed E-state index contributed by atoms with van der Waals surface area (Å²) in [5, 5.41) is 13.4. The molecule has 0 aliphatic rings. The number of nitrogens with one attached hydrogen (secondary N) is 1. The van der Waals surface area contributed by atoms with Crippen molar-refractivity contribution in [2.24, 2.45) is 0 Å². The molecule has 2 aromatic rings. The fraction of sp³-hybridized carbons (Fsp3) is 0.286. The Labute approximate surface area is 126 Å². The highest BCUT2D eigenvalue weighted by Gasteiger charge is 2.17. The van der Waals surface area contributed by atoms with Gasteiger partial charge in [-0.1, -0.05) is 30.3 Å². The fourth-order valence-electron chi connectivity index (χ4n) is 1.92. The summed E-state index contributed by atoms with van der Waals surface area (Å²) < 4.78 is 6.47. The Morgan fingerprint density at radius 2 is 2.14 bits per heavy atom. The molecule has 0 radical (unpaired) electrons. The van der Waals surface area contributed by atoms with Crippen LogP contribution >= 0.6 is 0 Å². The second-order valence-electron chi connectivity index (χ2n) is 4.56. The maximum atomic E-state index is 11.6. The van der Waals surface area contributed by atoms with Crippen LogP contribution in [0.4, 0.5) is 10.6 Å². The number of amides is 1. The van der Waals surface area contributed by atoms with Crippen LogP contribution in [0.15, 0.2) is 36.5 Å². The minimum absolute atomic E-state index is 0.100. The number of nitro groups is 1. The van der Waals surface area contributed by atoms with Crippen LogP contribution in [0.25, 0.3) is 0 Å². The molecule has 2 rings (SSSR count). The van der Waals surface area contributed by atoms with Gasteiger partial charge >= 0.3 is 11.9 Å². The number of benzene rings is 1. The quantitative estimate of drug-likeness (QED) is 0.650. The molecule has 0 bridgehead atoms. The van der Waals surface area contributed by atoms with E-state index in [-0.39, 0.29) is 25.5 Å². The lowest BCUT2D eigenvalue weighted by molar-refractivity contribution is -0.392. The predicted octanol–water partition coefficient (Wildman–Crippen LogP) is 2.03. The summed E-state index contributed by atoms with van der Waals surface area (Å²) in [7, 11) is 0. The standard InChI is InChI=1S/C14H16N4O4/c1-11-16-9-13(18(20)21)17(11)8-7-15-14(19)22-10-12-5-3-2-4-6-12/h2-6,9H,7-8,10H2,1H3,(H,15,19). The Bertz CT molecular complexity index is 654.